The highest BCUT2D eigenvalue weighted by molar-refractivity contribution is 5.67. The minimum absolute atomic E-state index is 0.428. The van der Waals surface area contributed by atoms with Crippen molar-refractivity contribution in [1.29, 1.82) is 0 Å². The number of hydrogen-bond donors (Lipinski definition) is 0. The van der Waals surface area contributed by atoms with Crippen LogP contribution in [0.15, 0.2) is 42.6 Å². The zero-order valence-electron chi connectivity index (χ0n) is 12.2. The summed E-state index contributed by atoms with van der Waals surface area (Å²) in [7, 11) is 0. The Hall–Kier alpha value is -1.83. The van der Waals surface area contributed by atoms with Crippen LogP contribution in [0.1, 0.15) is 38.3 Å². The highest BCUT2D eigenvalue weighted by Crippen LogP contribution is 2.31. The smallest absolute Gasteiger partial charge is 0.119 e. The summed E-state index contributed by atoms with van der Waals surface area (Å²) in [6.07, 6.45) is 4.52. The zero-order valence-corrected chi connectivity index (χ0v) is 12.2. The molecule has 0 unspecified atom stereocenters. The minimum atomic E-state index is 0.428. The van der Waals surface area contributed by atoms with E-state index in [4.69, 9.17) is 4.74 Å². The predicted octanol–water partition coefficient (Wildman–Crippen LogP) is 4.66. The molecule has 2 heteroatoms. The van der Waals surface area contributed by atoms with Crippen LogP contribution in [0.3, 0.4) is 0 Å². The summed E-state index contributed by atoms with van der Waals surface area (Å²) in [5, 5.41) is 0. The van der Waals surface area contributed by atoms with Gasteiger partial charge in [0, 0.05) is 11.8 Å². The number of rotatable bonds is 5. The number of ether oxygens (including phenoxy) is 1. The summed E-state index contributed by atoms with van der Waals surface area (Å²) in [4.78, 5) is 4.51. The van der Waals surface area contributed by atoms with Gasteiger partial charge in [-0.2, -0.15) is 0 Å². The molecule has 1 aliphatic rings. The minimum Gasteiger partial charge on any atom is -0.493 e. The zero-order chi connectivity index (χ0) is 13.9. The molecule has 0 bridgehead atoms. The molecule has 104 valence electrons. The van der Waals surface area contributed by atoms with Crippen molar-refractivity contribution in [2.45, 2.75) is 32.6 Å². The third-order valence-electron chi connectivity index (χ3n) is 3.73. The topological polar surface area (TPSA) is 22.1 Å². The fraction of sp³-hybridized carbons (Fsp3) is 0.389. The number of pyridine rings is 1. The Morgan fingerprint density at radius 2 is 1.90 bits per heavy atom. The molecule has 0 spiro atoms. The van der Waals surface area contributed by atoms with Crippen LogP contribution < -0.4 is 4.74 Å². The Morgan fingerprint density at radius 3 is 2.55 bits per heavy atom. The van der Waals surface area contributed by atoms with E-state index in [0.717, 1.165) is 24.0 Å². The van der Waals surface area contributed by atoms with E-state index in [0.29, 0.717) is 5.92 Å². The Morgan fingerprint density at radius 1 is 1.15 bits per heavy atom. The summed E-state index contributed by atoms with van der Waals surface area (Å²) in [5.74, 6) is 2.19. The van der Waals surface area contributed by atoms with E-state index < -0.39 is 0 Å². The fourth-order valence-electron chi connectivity index (χ4n) is 2.35. The van der Waals surface area contributed by atoms with Crippen LogP contribution in [0, 0.1) is 5.92 Å². The van der Waals surface area contributed by atoms with Crippen LogP contribution in [-0.4, -0.2) is 11.6 Å². The number of aromatic nitrogens is 1. The molecular weight excluding hydrogens is 246 g/mol. The molecule has 1 saturated carbocycles. The maximum Gasteiger partial charge on any atom is 0.119 e. The molecule has 3 rings (SSSR count). The fourth-order valence-corrected chi connectivity index (χ4v) is 2.35. The van der Waals surface area contributed by atoms with Crippen molar-refractivity contribution < 1.29 is 4.74 Å². The molecule has 20 heavy (non-hydrogen) atoms. The van der Waals surface area contributed by atoms with E-state index in [2.05, 4.69) is 49.2 Å². The molecular formula is C18H21NO. The molecule has 1 heterocycles. The molecule has 0 amide bonds. The van der Waals surface area contributed by atoms with Gasteiger partial charge in [-0.25, -0.2) is 0 Å². The first-order valence-corrected chi connectivity index (χ1v) is 7.42. The summed E-state index contributed by atoms with van der Waals surface area (Å²) < 4.78 is 5.78. The van der Waals surface area contributed by atoms with Crippen LogP contribution >= 0.6 is 0 Å². The number of benzene rings is 1. The molecule has 1 aromatic heterocycles. The lowest BCUT2D eigenvalue weighted by molar-refractivity contribution is 0.300. The van der Waals surface area contributed by atoms with Gasteiger partial charge in [0.15, 0.2) is 0 Å². The second-order valence-electron chi connectivity index (χ2n) is 5.87. The molecule has 0 aliphatic heterocycles. The van der Waals surface area contributed by atoms with Gasteiger partial charge < -0.3 is 4.74 Å². The Labute approximate surface area is 120 Å². The van der Waals surface area contributed by atoms with Crippen LogP contribution in [0.5, 0.6) is 5.75 Å². The third-order valence-corrected chi connectivity index (χ3v) is 3.73. The van der Waals surface area contributed by atoms with Crippen LogP contribution in [0.2, 0.25) is 0 Å². The highest BCUT2D eigenvalue weighted by atomic mass is 16.5. The average Bonchev–Trinajstić information content (AvgIpc) is 3.30. The van der Waals surface area contributed by atoms with Crippen LogP contribution in [0.4, 0.5) is 0 Å². The molecule has 2 aromatic rings. The van der Waals surface area contributed by atoms with Gasteiger partial charge in [-0.15, -0.1) is 0 Å². The van der Waals surface area contributed by atoms with Crippen molar-refractivity contribution in [3.8, 4) is 16.9 Å². The summed E-state index contributed by atoms with van der Waals surface area (Å²) >= 11 is 0. The lowest BCUT2D eigenvalue weighted by Gasteiger charge is -2.12. The normalized spacial score (nSPS) is 14.6. The summed E-state index contributed by atoms with van der Waals surface area (Å²) in [5.41, 5.74) is 3.58. The predicted molar refractivity (Wildman–Crippen MR) is 82.0 cm³/mol. The lowest BCUT2D eigenvalue weighted by atomic mass is 9.98. The first kappa shape index (κ1) is 13.2. The van der Waals surface area contributed by atoms with Crippen LogP contribution in [-0.2, 0) is 0 Å². The highest BCUT2D eigenvalue weighted by Gasteiger charge is 2.21. The summed E-state index contributed by atoms with van der Waals surface area (Å²) in [6.45, 7) is 5.22. The molecule has 1 fully saturated rings. The molecule has 1 aromatic carbocycles. The second kappa shape index (κ2) is 5.66. The summed E-state index contributed by atoms with van der Waals surface area (Å²) in [6, 6.07) is 12.5. The number of hydrogen-bond acceptors (Lipinski definition) is 2. The first-order valence-electron chi connectivity index (χ1n) is 7.42. The molecule has 0 radical (unpaired) electrons. The van der Waals surface area contributed by atoms with E-state index in [1.165, 1.54) is 24.0 Å². The van der Waals surface area contributed by atoms with Crippen LogP contribution in [0.25, 0.3) is 11.1 Å². The quantitative estimate of drug-likeness (QED) is 0.786. The second-order valence-corrected chi connectivity index (χ2v) is 5.87. The van der Waals surface area contributed by atoms with E-state index in [1.807, 2.05) is 12.3 Å². The molecule has 0 atom stereocenters. The largest absolute Gasteiger partial charge is 0.493 e. The number of nitrogens with zero attached hydrogens (tertiary/aromatic N) is 1. The maximum absolute atomic E-state index is 5.78. The Balaban J connectivity index is 1.79. The van der Waals surface area contributed by atoms with Crippen molar-refractivity contribution in [3.63, 3.8) is 0 Å². The van der Waals surface area contributed by atoms with E-state index in [-0.39, 0.29) is 0 Å². The Kier molecular flexibility index (Phi) is 3.72. The van der Waals surface area contributed by atoms with Gasteiger partial charge in [0.1, 0.15) is 5.75 Å². The van der Waals surface area contributed by atoms with Crippen molar-refractivity contribution >= 4 is 0 Å². The molecule has 0 N–H and O–H groups in total. The SMILES string of the molecule is CC(C)c1ncccc1-c1ccc(OCC2CC2)cc1. The van der Waals surface area contributed by atoms with Gasteiger partial charge in [-0.1, -0.05) is 32.0 Å². The van der Waals surface area contributed by atoms with Gasteiger partial charge >= 0.3 is 0 Å². The average molecular weight is 267 g/mol. The standard InChI is InChI=1S/C18H21NO/c1-13(2)18-17(4-3-11-19-18)15-7-9-16(10-8-15)20-12-14-5-6-14/h3-4,7-11,13-14H,5-6,12H2,1-2H3. The van der Waals surface area contributed by atoms with Gasteiger partial charge in [-0.05, 0) is 48.4 Å². The maximum atomic E-state index is 5.78. The Bertz CT molecular complexity index is 570. The van der Waals surface area contributed by atoms with E-state index >= 15 is 0 Å². The van der Waals surface area contributed by atoms with Gasteiger partial charge in [-0.3, -0.25) is 4.98 Å². The van der Waals surface area contributed by atoms with Gasteiger partial charge in [0.2, 0.25) is 0 Å². The van der Waals surface area contributed by atoms with Crippen molar-refractivity contribution in [1.82, 2.24) is 4.98 Å². The van der Waals surface area contributed by atoms with Crippen molar-refractivity contribution in [2.75, 3.05) is 6.61 Å². The molecule has 1 aliphatic carbocycles. The molecule has 2 nitrogen and oxygen atoms in total. The first-order chi connectivity index (χ1) is 9.74. The van der Waals surface area contributed by atoms with Crippen molar-refractivity contribution in [2.24, 2.45) is 5.92 Å². The van der Waals surface area contributed by atoms with Gasteiger partial charge in [0.05, 0.1) is 12.3 Å². The molecule has 0 saturated heterocycles. The van der Waals surface area contributed by atoms with E-state index in [9.17, 15) is 0 Å². The van der Waals surface area contributed by atoms with Gasteiger partial charge in [0.25, 0.3) is 0 Å². The van der Waals surface area contributed by atoms with E-state index in [1.54, 1.807) is 0 Å². The monoisotopic (exact) mass is 267 g/mol. The van der Waals surface area contributed by atoms with Crippen molar-refractivity contribution in [3.05, 3.63) is 48.3 Å². The third kappa shape index (κ3) is 3.01. The lowest BCUT2D eigenvalue weighted by Crippen LogP contribution is -1.99.